The van der Waals surface area contributed by atoms with Crippen LogP contribution in [-0.2, 0) is 19.1 Å². The molecule has 64 heavy (non-hydrogen) atoms. The van der Waals surface area contributed by atoms with E-state index in [0.29, 0.717) is 29.0 Å². The summed E-state index contributed by atoms with van der Waals surface area (Å²) in [5.74, 6) is -0.0182. The van der Waals surface area contributed by atoms with Crippen molar-refractivity contribution >= 4 is 29.1 Å². The van der Waals surface area contributed by atoms with E-state index in [-0.39, 0.29) is 36.6 Å². The van der Waals surface area contributed by atoms with Crippen molar-refractivity contribution in [3.63, 3.8) is 0 Å². The van der Waals surface area contributed by atoms with Crippen LogP contribution in [-0.4, -0.2) is 47.9 Å². The average Bonchev–Trinajstić information content (AvgIpc) is 3.99. The number of aliphatic hydroxyl groups is 1. The number of rotatable bonds is 20. The lowest BCUT2D eigenvalue weighted by atomic mass is 9.84. The summed E-state index contributed by atoms with van der Waals surface area (Å²) in [7, 11) is 1.33. The van der Waals surface area contributed by atoms with Gasteiger partial charge in [-0.2, -0.15) is 0 Å². The average molecular weight is 871 g/mol. The molecule has 0 aromatic rings. The number of hydrogen-bond donors (Lipinski definition) is 2. The molecule has 0 spiro atoms. The minimum atomic E-state index is -1.08. The van der Waals surface area contributed by atoms with Crippen LogP contribution in [0, 0.1) is 35.5 Å². The van der Waals surface area contributed by atoms with E-state index >= 15 is 0 Å². The lowest BCUT2D eigenvalue weighted by Gasteiger charge is -2.20. The van der Waals surface area contributed by atoms with Gasteiger partial charge in [-0.1, -0.05) is 105 Å². The second-order valence-corrected chi connectivity index (χ2v) is 19.5. The largest absolute Gasteiger partial charge is 0.510 e. The Labute approximate surface area is 383 Å². The second-order valence-electron chi connectivity index (χ2n) is 19.5. The first-order valence-corrected chi connectivity index (χ1v) is 24.1. The lowest BCUT2D eigenvalue weighted by molar-refractivity contribution is -0.144. The van der Waals surface area contributed by atoms with Gasteiger partial charge in [0.25, 0.3) is 0 Å². The van der Waals surface area contributed by atoms with E-state index in [1.54, 1.807) is 0 Å². The molecule has 8 bridgehead atoms. The maximum absolute atomic E-state index is 13.6. The summed E-state index contributed by atoms with van der Waals surface area (Å²) in [5.41, 5.74) is 13.3. The molecular formula is C55H74N4O5. The zero-order valence-electron chi connectivity index (χ0n) is 40.7. The monoisotopic (exact) mass is 871 g/mol. The summed E-state index contributed by atoms with van der Waals surface area (Å²) in [4.78, 5) is 42.4. The number of esters is 2. The van der Waals surface area contributed by atoms with Gasteiger partial charge in [0.2, 0.25) is 0 Å². The second kappa shape index (κ2) is 21.3. The van der Waals surface area contributed by atoms with Gasteiger partial charge in [-0.25, -0.2) is 15.0 Å². The molecular weight excluding hydrogens is 797 g/mol. The van der Waals surface area contributed by atoms with Crippen molar-refractivity contribution < 1.29 is 24.2 Å². The molecule has 3 unspecified atom stereocenters. The van der Waals surface area contributed by atoms with Gasteiger partial charge in [-0.05, 0) is 118 Å². The van der Waals surface area contributed by atoms with Crippen LogP contribution in [0.15, 0.2) is 131 Å². The Kier molecular flexibility index (Phi) is 16.1. The Morgan fingerprint density at radius 3 is 2.19 bits per heavy atom. The number of nitrogens with zero attached hydrogens (tertiary/aromatic N) is 3. The highest BCUT2D eigenvalue weighted by Gasteiger charge is 2.49. The third-order valence-corrected chi connectivity index (χ3v) is 14.3. The number of aliphatic hydroxyl groups excluding tert-OH is 1. The molecule has 5 aliphatic heterocycles. The van der Waals surface area contributed by atoms with Gasteiger partial charge in [0.1, 0.15) is 18.3 Å². The predicted octanol–water partition coefficient (Wildman–Crippen LogP) is 13.0. The number of hydrogen-bond acceptors (Lipinski definition) is 9. The molecule has 5 atom stereocenters. The Morgan fingerprint density at radius 1 is 0.875 bits per heavy atom. The summed E-state index contributed by atoms with van der Waals surface area (Å²) >= 11 is 0. The maximum Gasteiger partial charge on any atom is 0.321 e. The van der Waals surface area contributed by atoms with Gasteiger partial charge in [-0.15, -0.1) is 0 Å². The van der Waals surface area contributed by atoms with E-state index in [2.05, 4.69) is 73.4 Å². The van der Waals surface area contributed by atoms with Gasteiger partial charge in [0.15, 0.2) is 0 Å². The smallest absolute Gasteiger partial charge is 0.321 e. The molecule has 6 aliphatic rings. The fraction of sp³-hybridized carbons (Fsp3) is 0.545. The highest BCUT2D eigenvalue weighted by Crippen LogP contribution is 2.49. The standard InChI is InChI=1S/C55H74N4O5/c1-13-39-35(8)42-28-44-37(10)41(24-25-48(60)64-27-26-34(7)23-17-22-33(6)21-16-20-32(5)19-15-18-31(3)4)52(58-44)50-51(55(62)63-12)54(61)49-38(11)45(59-53(49)50)30-47-40(14-2)36(9)43(57-47)29-46(39)56-42/h13,26,28-33,37,41,51,58,61H,1,14-25,27H2,2-12H3/b34-26+,44-28?,46-29?,47-30?,52-50?/t32?,33?,37-,41-,51?/m0/s1. The zero-order chi connectivity index (χ0) is 46.4. The van der Waals surface area contributed by atoms with Crippen molar-refractivity contribution in [3.05, 3.63) is 116 Å². The first-order valence-electron chi connectivity index (χ1n) is 24.1. The van der Waals surface area contributed by atoms with E-state index in [1.165, 1.54) is 57.6 Å². The van der Waals surface area contributed by atoms with Crippen LogP contribution in [0.4, 0.5) is 0 Å². The fourth-order valence-electron chi connectivity index (χ4n) is 10.2. The SMILES string of the molecule is C=CC1=C(C)C2=NC1=CC1=NC(=CC3=C(C)C4=C(O)C(C(=O)OC)C(=C5NC(=C2)[C@@H](C)[C@@H]5CCC(=O)OC/C=C(\C)CCCC(C)CCCC(C)CCCC(C)C)C4=N3)C(CC)=C1C. The number of nitrogens with one attached hydrogen (secondary N) is 1. The maximum atomic E-state index is 13.6. The Morgan fingerprint density at radius 2 is 1.53 bits per heavy atom. The topological polar surface area (TPSA) is 122 Å². The van der Waals surface area contributed by atoms with Crippen LogP contribution in [0.3, 0.4) is 0 Å². The normalized spacial score (nSPS) is 22.8. The van der Waals surface area contributed by atoms with Crippen molar-refractivity contribution in [3.8, 4) is 0 Å². The van der Waals surface area contributed by atoms with E-state index < -0.39 is 11.9 Å². The number of methoxy groups -OCH3 is 1. The molecule has 0 saturated carbocycles. The molecule has 2 N–H and O–H groups in total. The van der Waals surface area contributed by atoms with Gasteiger partial charge in [0.05, 0.1) is 41.3 Å². The van der Waals surface area contributed by atoms with E-state index in [0.717, 1.165) is 99.1 Å². The van der Waals surface area contributed by atoms with Gasteiger partial charge < -0.3 is 19.9 Å². The van der Waals surface area contributed by atoms with Crippen LogP contribution >= 0.6 is 0 Å². The number of carbonyl (C=O) groups excluding carboxylic acids is 2. The van der Waals surface area contributed by atoms with E-state index in [4.69, 9.17) is 24.5 Å². The Bertz CT molecular complexity index is 2300. The van der Waals surface area contributed by atoms with Crippen LogP contribution < -0.4 is 5.32 Å². The highest BCUT2D eigenvalue weighted by molar-refractivity contribution is 6.24. The lowest BCUT2D eigenvalue weighted by Crippen LogP contribution is -2.25. The first kappa shape index (κ1) is 48.4. The summed E-state index contributed by atoms with van der Waals surface area (Å²) < 4.78 is 11.1. The number of fused-ring (bicyclic) bond motifs is 5. The summed E-state index contributed by atoms with van der Waals surface area (Å²) in [6.45, 7) is 26.2. The molecule has 0 radical (unpaired) electrons. The third-order valence-electron chi connectivity index (χ3n) is 14.3. The molecule has 344 valence electrons. The third kappa shape index (κ3) is 10.6. The molecule has 9 heteroatoms. The summed E-state index contributed by atoms with van der Waals surface area (Å²) in [6.07, 6.45) is 22.7. The summed E-state index contributed by atoms with van der Waals surface area (Å²) in [5, 5.41) is 15.6. The molecule has 1 fully saturated rings. The van der Waals surface area contributed by atoms with Crippen molar-refractivity contribution in [2.24, 2.45) is 50.5 Å². The van der Waals surface area contributed by atoms with Crippen LogP contribution in [0.5, 0.6) is 0 Å². The molecule has 5 heterocycles. The van der Waals surface area contributed by atoms with Crippen molar-refractivity contribution in [1.29, 1.82) is 0 Å². The molecule has 0 amide bonds. The Hall–Kier alpha value is -5.05. The van der Waals surface area contributed by atoms with Crippen LogP contribution in [0.1, 0.15) is 146 Å². The number of carbonyl (C=O) groups is 2. The minimum Gasteiger partial charge on any atom is -0.510 e. The quantitative estimate of drug-likeness (QED) is 0.0928. The van der Waals surface area contributed by atoms with Gasteiger partial charge >= 0.3 is 11.9 Å². The van der Waals surface area contributed by atoms with Crippen molar-refractivity contribution in [2.75, 3.05) is 13.7 Å². The minimum absolute atomic E-state index is 0.0838. The number of allylic oxidation sites excluding steroid dienone is 12. The molecule has 1 aliphatic carbocycles. The molecule has 6 rings (SSSR count). The van der Waals surface area contributed by atoms with Crippen LogP contribution in [0.2, 0.25) is 0 Å². The van der Waals surface area contributed by atoms with Crippen molar-refractivity contribution in [1.82, 2.24) is 5.32 Å². The zero-order valence-corrected chi connectivity index (χ0v) is 40.7. The number of ether oxygens (including phenoxy) is 2. The van der Waals surface area contributed by atoms with Crippen molar-refractivity contribution in [2.45, 2.75) is 146 Å². The molecule has 0 aromatic carbocycles. The molecule has 1 saturated heterocycles. The first-order chi connectivity index (χ1) is 30.6. The van der Waals surface area contributed by atoms with Gasteiger partial charge in [-0.3, -0.25) is 9.59 Å². The van der Waals surface area contributed by atoms with Crippen LogP contribution in [0.25, 0.3) is 0 Å². The predicted molar refractivity (Wildman–Crippen MR) is 262 cm³/mol. The fourth-order valence-corrected chi connectivity index (χ4v) is 10.2. The number of aliphatic imine (C=N–C) groups is 3. The van der Waals surface area contributed by atoms with Gasteiger partial charge in [0, 0.05) is 46.4 Å². The highest BCUT2D eigenvalue weighted by atomic mass is 16.5. The summed E-state index contributed by atoms with van der Waals surface area (Å²) in [6, 6.07) is 0. The van der Waals surface area contributed by atoms with E-state index in [1.807, 2.05) is 38.2 Å². The molecule has 9 nitrogen and oxygen atoms in total. The molecule has 0 aromatic heterocycles. The van der Waals surface area contributed by atoms with E-state index in [9.17, 15) is 14.7 Å². The Balaban J connectivity index is 1.20.